The van der Waals surface area contributed by atoms with Crippen LogP contribution in [0.15, 0.2) is 66.1 Å². The second-order valence-corrected chi connectivity index (χ2v) is 9.09. The monoisotopic (exact) mass is 590 g/mol. The number of aromatic nitrogens is 2. The molecule has 0 bridgehead atoms. The molecule has 14 heteroatoms. The molecule has 2 heterocycles. The first kappa shape index (κ1) is 30.8. The maximum absolute atomic E-state index is 12.6. The number of hydrogen-bond acceptors (Lipinski definition) is 10. The lowest BCUT2D eigenvalue weighted by molar-refractivity contribution is -0.305. The van der Waals surface area contributed by atoms with Gasteiger partial charge in [0.2, 0.25) is 0 Å². The van der Waals surface area contributed by atoms with Crippen molar-refractivity contribution >= 4 is 17.9 Å². The number of hydrogen-bond donors (Lipinski definition) is 1. The van der Waals surface area contributed by atoms with Crippen LogP contribution in [0, 0.1) is 0 Å². The van der Waals surface area contributed by atoms with Gasteiger partial charge in [0.15, 0.2) is 6.10 Å². The number of alkyl halides is 3. The molecule has 0 unspecified atom stereocenters. The second kappa shape index (κ2) is 13.7. The maximum atomic E-state index is 12.6. The maximum Gasteiger partial charge on any atom is 0.573 e. The predicted octanol–water partition coefficient (Wildman–Crippen LogP) is 4.43. The van der Waals surface area contributed by atoms with E-state index in [0.29, 0.717) is 5.69 Å². The van der Waals surface area contributed by atoms with Crippen LogP contribution in [0.5, 0.6) is 5.75 Å². The topological polar surface area (TPSA) is 123 Å². The number of ether oxygens (including phenoxy) is 5. The first-order valence-corrected chi connectivity index (χ1v) is 12.6. The summed E-state index contributed by atoms with van der Waals surface area (Å²) in [6, 6.07) is 13.3. The summed E-state index contributed by atoms with van der Waals surface area (Å²) >= 11 is 0. The summed E-state index contributed by atoms with van der Waals surface area (Å²) in [5.74, 6) is -0.787. The highest BCUT2D eigenvalue weighted by atomic mass is 19.4. The Bertz CT molecular complexity index is 1360. The number of oxime groups is 1. The van der Waals surface area contributed by atoms with Crippen molar-refractivity contribution < 1.29 is 46.5 Å². The molecule has 1 amide bonds. The highest BCUT2D eigenvalue weighted by Crippen LogP contribution is 2.28. The minimum absolute atomic E-state index is 0.122. The van der Waals surface area contributed by atoms with E-state index in [9.17, 15) is 18.0 Å². The molecule has 1 fully saturated rings. The molecule has 224 valence electrons. The number of halogens is 3. The van der Waals surface area contributed by atoms with Gasteiger partial charge in [0.05, 0.1) is 18.0 Å². The van der Waals surface area contributed by atoms with Crippen molar-refractivity contribution in [1.82, 2.24) is 9.97 Å². The molecule has 3 aromatic rings. The molecule has 1 saturated heterocycles. The molecule has 0 spiro atoms. The number of carbonyl (C=O) groups excluding carboxylic acids is 1. The Labute approximate surface area is 239 Å². The van der Waals surface area contributed by atoms with E-state index in [1.54, 1.807) is 44.6 Å². The highest BCUT2D eigenvalue weighted by Gasteiger charge is 2.47. The first-order valence-electron chi connectivity index (χ1n) is 12.6. The molecular formula is C28H29F3N4O7. The zero-order valence-corrected chi connectivity index (χ0v) is 23.1. The molecule has 1 N–H and O–H groups in total. The quantitative estimate of drug-likeness (QED) is 0.270. The fraction of sp³-hybridized carbons (Fsp3) is 0.357. The van der Waals surface area contributed by atoms with E-state index >= 15 is 0 Å². The second-order valence-electron chi connectivity index (χ2n) is 9.09. The van der Waals surface area contributed by atoms with Gasteiger partial charge in [-0.2, -0.15) is 0 Å². The Balaban J connectivity index is 1.37. The smallest absolute Gasteiger partial charge is 0.406 e. The third-order valence-electron chi connectivity index (χ3n) is 6.38. The molecule has 42 heavy (non-hydrogen) atoms. The van der Waals surface area contributed by atoms with Crippen LogP contribution in [0.4, 0.5) is 19.0 Å². The lowest BCUT2D eigenvalue weighted by atomic mass is 9.99. The Morgan fingerprint density at radius 1 is 0.952 bits per heavy atom. The van der Waals surface area contributed by atoms with Crippen LogP contribution in [-0.2, 0) is 23.8 Å². The largest absolute Gasteiger partial charge is 0.573 e. The number of carbonyl (C=O) groups is 1. The van der Waals surface area contributed by atoms with Crippen LogP contribution >= 0.6 is 0 Å². The van der Waals surface area contributed by atoms with Gasteiger partial charge >= 0.3 is 6.36 Å². The average Bonchev–Trinajstić information content (AvgIpc) is 2.96. The molecule has 1 aliphatic rings. The third kappa shape index (κ3) is 7.79. The minimum atomic E-state index is -4.82. The standard InChI is InChI=1S/C28H29F3N4O7/c1-16-23(37-2)24(38-3)25(39-4)27(40-16)42-34-14-17-5-7-18(8-6-17)21-13-22(33-15-32-21)35-26(36)19-9-11-20(12-10-19)41-28(29,30)31/h5-16,23-25,27H,1-4H3,(H,32,33,35,36)/b34-14+/t16-,23-,24+,25+,27-/m0/s1. The molecule has 4 rings (SSSR count). The van der Waals surface area contributed by atoms with E-state index in [1.165, 1.54) is 31.8 Å². The van der Waals surface area contributed by atoms with Crippen molar-refractivity contribution in [1.29, 1.82) is 0 Å². The predicted molar refractivity (Wildman–Crippen MR) is 144 cm³/mol. The zero-order valence-electron chi connectivity index (χ0n) is 23.1. The summed E-state index contributed by atoms with van der Waals surface area (Å²) < 4.78 is 63.3. The summed E-state index contributed by atoms with van der Waals surface area (Å²) in [6.45, 7) is 1.85. The molecule has 0 radical (unpaired) electrons. The fourth-order valence-electron chi connectivity index (χ4n) is 4.37. The molecule has 11 nitrogen and oxygen atoms in total. The lowest BCUT2D eigenvalue weighted by Crippen LogP contribution is -2.59. The van der Waals surface area contributed by atoms with Crippen molar-refractivity contribution in [2.75, 3.05) is 26.6 Å². The minimum Gasteiger partial charge on any atom is -0.406 e. The first-order chi connectivity index (χ1) is 20.1. The molecule has 2 aromatic carbocycles. The third-order valence-corrected chi connectivity index (χ3v) is 6.38. The van der Waals surface area contributed by atoms with Crippen molar-refractivity contribution in [3.63, 3.8) is 0 Å². The number of methoxy groups -OCH3 is 3. The van der Waals surface area contributed by atoms with Crippen molar-refractivity contribution in [2.45, 2.75) is 44.0 Å². The summed E-state index contributed by atoms with van der Waals surface area (Å²) in [7, 11) is 4.67. The summed E-state index contributed by atoms with van der Waals surface area (Å²) in [5, 5.41) is 6.66. The van der Waals surface area contributed by atoms with Crippen LogP contribution < -0.4 is 10.1 Å². The summed E-state index contributed by atoms with van der Waals surface area (Å²) in [4.78, 5) is 26.4. The Morgan fingerprint density at radius 2 is 1.62 bits per heavy atom. The normalized spacial score (nSPS) is 22.6. The highest BCUT2D eigenvalue weighted by molar-refractivity contribution is 6.04. The van der Waals surface area contributed by atoms with E-state index in [-0.39, 0.29) is 23.6 Å². The van der Waals surface area contributed by atoms with Gasteiger partial charge in [-0.3, -0.25) is 4.79 Å². The number of benzene rings is 2. The van der Waals surface area contributed by atoms with Gasteiger partial charge in [0.1, 0.15) is 30.1 Å². The number of nitrogens with one attached hydrogen (secondary N) is 1. The van der Waals surface area contributed by atoms with E-state index in [4.69, 9.17) is 23.8 Å². The molecule has 5 atom stereocenters. The Morgan fingerprint density at radius 3 is 2.24 bits per heavy atom. The van der Waals surface area contributed by atoms with Gasteiger partial charge in [0, 0.05) is 38.5 Å². The summed E-state index contributed by atoms with van der Waals surface area (Å²) in [6.07, 6.45) is -4.45. The molecule has 1 aromatic heterocycles. The number of nitrogens with zero attached hydrogens (tertiary/aromatic N) is 3. The van der Waals surface area contributed by atoms with Crippen LogP contribution in [-0.4, -0.2) is 80.5 Å². The molecular weight excluding hydrogens is 561 g/mol. The molecule has 0 aliphatic carbocycles. The van der Waals surface area contributed by atoms with Crippen LogP contribution in [0.2, 0.25) is 0 Å². The lowest BCUT2D eigenvalue weighted by Gasteiger charge is -2.42. The van der Waals surface area contributed by atoms with E-state index in [0.717, 1.165) is 23.3 Å². The van der Waals surface area contributed by atoms with Crippen LogP contribution in [0.3, 0.4) is 0 Å². The zero-order chi connectivity index (χ0) is 30.3. The van der Waals surface area contributed by atoms with Gasteiger partial charge in [0.25, 0.3) is 12.2 Å². The van der Waals surface area contributed by atoms with E-state index in [2.05, 4.69) is 25.2 Å². The Hall–Kier alpha value is -4.11. The van der Waals surface area contributed by atoms with Crippen molar-refractivity contribution in [2.24, 2.45) is 5.16 Å². The molecule has 0 saturated carbocycles. The van der Waals surface area contributed by atoms with Gasteiger partial charge in [-0.25, -0.2) is 9.97 Å². The van der Waals surface area contributed by atoms with Crippen molar-refractivity contribution in [3.05, 3.63) is 72.1 Å². The van der Waals surface area contributed by atoms with Gasteiger partial charge in [-0.05, 0) is 36.8 Å². The van der Waals surface area contributed by atoms with Crippen LogP contribution in [0.1, 0.15) is 22.8 Å². The fourth-order valence-corrected chi connectivity index (χ4v) is 4.37. The SMILES string of the molecule is CO[C@@H]1[C@@H](OC)[C@H](C)O[C@@H](O/N=C/c2ccc(-c3cc(NC(=O)c4ccc(OC(F)(F)F)cc4)ncn3)cc2)[C@@H]1OC. The van der Waals surface area contributed by atoms with Crippen molar-refractivity contribution in [3.8, 4) is 17.0 Å². The van der Waals surface area contributed by atoms with Gasteiger partial charge in [-0.15, -0.1) is 13.2 Å². The van der Waals surface area contributed by atoms with Crippen LogP contribution in [0.25, 0.3) is 11.3 Å². The average molecular weight is 591 g/mol. The number of anilines is 1. The Kier molecular flexibility index (Phi) is 10.1. The van der Waals surface area contributed by atoms with E-state index in [1.807, 2.05) is 6.92 Å². The van der Waals surface area contributed by atoms with Gasteiger partial charge in [-0.1, -0.05) is 29.4 Å². The van der Waals surface area contributed by atoms with E-state index < -0.39 is 36.5 Å². The molecule has 1 aliphatic heterocycles. The summed E-state index contributed by atoms with van der Waals surface area (Å²) in [5.41, 5.74) is 2.11. The number of amides is 1. The van der Waals surface area contributed by atoms with Gasteiger partial charge < -0.3 is 33.8 Å². The number of rotatable bonds is 10.